The van der Waals surface area contributed by atoms with Gasteiger partial charge in [-0.2, -0.15) is 4.98 Å². The summed E-state index contributed by atoms with van der Waals surface area (Å²) in [4.78, 5) is 11.3. The molecule has 0 radical (unpaired) electrons. The summed E-state index contributed by atoms with van der Waals surface area (Å²) in [5.41, 5.74) is 6.98. The normalized spacial score (nSPS) is 32.4. The smallest absolute Gasteiger partial charge is 0.222 e. The van der Waals surface area contributed by atoms with Gasteiger partial charge < -0.3 is 20.7 Å². The van der Waals surface area contributed by atoms with E-state index < -0.39 is 0 Å². The van der Waals surface area contributed by atoms with Gasteiger partial charge in [-0.3, -0.25) is 0 Å². The molecule has 1 aromatic rings. The first-order valence-electron chi connectivity index (χ1n) is 8.00. The Bertz CT molecular complexity index is 503. The van der Waals surface area contributed by atoms with Crippen LogP contribution < -0.4 is 16.0 Å². The molecule has 6 nitrogen and oxygen atoms in total. The molecule has 21 heavy (non-hydrogen) atoms. The van der Waals surface area contributed by atoms with Crippen molar-refractivity contribution in [3.63, 3.8) is 0 Å². The van der Waals surface area contributed by atoms with Crippen molar-refractivity contribution >= 4 is 11.8 Å². The van der Waals surface area contributed by atoms with Crippen LogP contribution in [0.5, 0.6) is 0 Å². The molecular formula is C15H23N5O. The number of aromatic nitrogens is 2. The number of rotatable bonds is 2. The second kappa shape index (κ2) is 5.42. The van der Waals surface area contributed by atoms with Gasteiger partial charge >= 0.3 is 0 Å². The van der Waals surface area contributed by atoms with Crippen LogP contribution in [0.4, 0.5) is 11.8 Å². The van der Waals surface area contributed by atoms with Crippen molar-refractivity contribution in [1.82, 2.24) is 15.3 Å². The highest BCUT2D eigenvalue weighted by molar-refractivity contribution is 5.46. The Balaban J connectivity index is 1.57. The average Bonchev–Trinajstić information content (AvgIpc) is 3.16. The van der Waals surface area contributed by atoms with Crippen LogP contribution in [-0.2, 0) is 4.74 Å². The summed E-state index contributed by atoms with van der Waals surface area (Å²) < 4.78 is 5.47. The van der Waals surface area contributed by atoms with Crippen molar-refractivity contribution in [2.24, 2.45) is 5.92 Å². The third-order valence-electron chi connectivity index (χ3n) is 5.02. The molecule has 0 saturated carbocycles. The van der Waals surface area contributed by atoms with Gasteiger partial charge in [0.15, 0.2) is 0 Å². The van der Waals surface area contributed by atoms with Crippen molar-refractivity contribution in [3.8, 4) is 0 Å². The highest BCUT2D eigenvalue weighted by atomic mass is 16.5. The molecule has 1 aromatic heterocycles. The predicted molar refractivity (Wildman–Crippen MR) is 81.3 cm³/mol. The SMILES string of the molecule is Nc1nc(C2CCOC2)cc(N2C[C@H]3CCCN[C@H]3C2)n1. The fourth-order valence-electron chi connectivity index (χ4n) is 3.84. The zero-order valence-electron chi connectivity index (χ0n) is 12.3. The number of fused-ring (bicyclic) bond motifs is 1. The van der Waals surface area contributed by atoms with Gasteiger partial charge in [-0.1, -0.05) is 0 Å². The van der Waals surface area contributed by atoms with E-state index in [-0.39, 0.29) is 0 Å². The summed E-state index contributed by atoms with van der Waals surface area (Å²) in [6, 6.07) is 2.72. The quantitative estimate of drug-likeness (QED) is 0.837. The lowest BCUT2D eigenvalue weighted by atomic mass is 9.94. The fraction of sp³-hybridized carbons (Fsp3) is 0.733. The monoisotopic (exact) mass is 289 g/mol. The Labute approximate surface area is 125 Å². The maximum atomic E-state index is 5.94. The molecule has 4 heterocycles. The first kappa shape index (κ1) is 13.3. The largest absolute Gasteiger partial charge is 0.381 e. The Hall–Kier alpha value is -1.40. The maximum absolute atomic E-state index is 5.94. The van der Waals surface area contributed by atoms with Crippen LogP contribution in [0.2, 0.25) is 0 Å². The van der Waals surface area contributed by atoms with Crippen molar-refractivity contribution in [2.45, 2.75) is 31.2 Å². The van der Waals surface area contributed by atoms with Crippen LogP contribution in [0.25, 0.3) is 0 Å². The minimum atomic E-state index is 0.372. The zero-order valence-corrected chi connectivity index (χ0v) is 12.3. The van der Waals surface area contributed by atoms with Crippen LogP contribution in [0.3, 0.4) is 0 Å². The summed E-state index contributed by atoms with van der Waals surface area (Å²) in [6.45, 7) is 4.83. The number of nitrogens with zero attached hydrogens (tertiary/aromatic N) is 3. The van der Waals surface area contributed by atoms with Gasteiger partial charge in [-0.05, 0) is 31.7 Å². The number of hydrogen-bond donors (Lipinski definition) is 2. The van der Waals surface area contributed by atoms with E-state index in [0.29, 0.717) is 17.9 Å². The summed E-state index contributed by atoms with van der Waals surface area (Å²) in [5, 5.41) is 3.63. The molecular weight excluding hydrogens is 266 g/mol. The van der Waals surface area contributed by atoms with Gasteiger partial charge in [0.2, 0.25) is 5.95 Å². The minimum absolute atomic E-state index is 0.372. The molecule has 0 aromatic carbocycles. The van der Waals surface area contributed by atoms with Gasteiger partial charge in [-0.25, -0.2) is 4.98 Å². The van der Waals surface area contributed by atoms with Gasteiger partial charge in [0, 0.05) is 37.7 Å². The van der Waals surface area contributed by atoms with E-state index in [1.165, 1.54) is 12.8 Å². The molecule has 0 amide bonds. The van der Waals surface area contributed by atoms with Crippen LogP contribution in [0, 0.1) is 5.92 Å². The van der Waals surface area contributed by atoms with E-state index in [4.69, 9.17) is 10.5 Å². The number of anilines is 2. The third-order valence-corrected chi connectivity index (χ3v) is 5.02. The molecule has 3 atom stereocenters. The second-order valence-corrected chi connectivity index (χ2v) is 6.44. The number of nitrogen functional groups attached to an aromatic ring is 1. The molecule has 3 aliphatic heterocycles. The van der Waals surface area contributed by atoms with Gasteiger partial charge in [0.05, 0.1) is 12.3 Å². The van der Waals surface area contributed by atoms with Gasteiger partial charge in [0.25, 0.3) is 0 Å². The standard InChI is InChI=1S/C15H23N5O/c16-15-18-12(11-3-5-21-9-11)6-14(19-15)20-7-10-2-1-4-17-13(10)8-20/h6,10-11,13,17H,1-5,7-9H2,(H2,16,18,19)/t10-,11?,13+/m1/s1. The van der Waals surface area contributed by atoms with Crippen LogP contribution in [0.15, 0.2) is 6.07 Å². The van der Waals surface area contributed by atoms with Crippen LogP contribution >= 0.6 is 0 Å². The molecule has 4 rings (SSSR count). The lowest BCUT2D eigenvalue weighted by Crippen LogP contribution is -2.40. The third kappa shape index (κ3) is 2.58. The maximum Gasteiger partial charge on any atom is 0.222 e. The molecule has 0 spiro atoms. The Morgan fingerprint density at radius 3 is 3.05 bits per heavy atom. The topological polar surface area (TPSA) is 76.3 Å². The summed E-state index contributed by atoms with van der Waals surface area (Å²) in [7, 11) is 0. The van der Waals surface area contributed by atoms with E-state index in [0.717, 1.165) is 56.7 Å². The van der Waals surface area contributed by atoms with Crippen molar-refractivity contribution in [2.75, 3.05) is 43.5 Å². The van der Waals surface area contributed by atoms with E-state index in [1.54, 1.807) is 0 Å². The molecule has 0 bridgehead atoms. The van der Waals surface area contributed by atoms with Crippen molar-refractivity contribution < 1.29 is 4.74 Å². The molecule has 3 fully saturated rings. The summed E-state index contributed by atoms with van der Waals surface area (Å²) in [6.07, 6.45) is 3.63. The number of nitrogens with one attached hydrogen (secondary N) is 1. The zero-order chi connectivity index (χ0) is 14.2. The first-order chi connectivity index (χ1) is 10.3. The predicted octanol–water partition coefficient (Wildman–Crippen LogP) is 0.751. The summed E-state index contributed by atoms with van der Waals surface area (Å²) in [5.74, 6) is 2.49. The Morgan fingerprint density at radius 2 is 2.24 bits per heavy atom. The molecule has 3 N–H and O–H groups in total. The van der Waals surface area contributed by atoms with Crippen molar-refractivity contribution in [3.05, 3.63) is 11.8 Å². The van der Waals surface area contributed by atoms with E-state index >= 15 is 0 Å². The number of ether oxygens (including phenoxy) is 1. The average molecular weight is 289 g/mol. The molecule has 3 saturated heterocycles. The fourth-order valence-corrected chi connectivity index (χ4v) is 3.84. The van der Waals surface area contributed by atoms with Gasteiger partial charge in [-0.15, -0.1) is 0 Å². The molecule has 0 aliphatic carbocycles. The van der Waals surface area contributed by atoms with E-state index in [1.807, 2.05) is 0 Å². The molecule has 3 aliphatic rings. The highest BCUT2D eigenvalue weighted by Crippen LogP contribution is 2.31. The number of piperidine rings is 1. The van der Waals surface area contributed by atoms with E-state index in [2.05, 4.69) is 26.3 Å². The van der Waals surface area contributed by atoms with Crippen LogP contribution in [-0.4, -0.2) is 48.9 Å². The molecule has 114 valence electrons. The Kier molecular flexibility index (Phi) is 3.43. The molecule has 1 unspecified atom stereocenters. The number of nitrogens with two attached hydrogens (primary N) is 1. The Morgan fingerprint density at radius 1 is 1.29 bits per heavy atom. The summed E-state index contributed by atoms with van der Waals surface area (Å²) >= 11 is 0. The lowest BCUT2D eigenvalue weighted by molar-refractivity contribution is 0.193. The van der Waals surface area contributed by atoms with E-state index in [9.17, 15) is 0 Å². The highest BCUT2D eigenvalue weighted by Gasteiger charge is 2.35. The molecule has 6 heteroatoms. The number of hydrogen-bond acceptors (Lipinski definition) is 6. The lowest BCUT2D eigenvalue weighted by Gasteiger charge is -2.24. The minimum Gasteiger partial charge on any atom is -0.381 e. The first-order valence-corrected chi connectivity index (χ1v) is 8.00. The van der Waals surface area contributed by atoms with Crippen molar-refractivity contribution in [1.29, 1.82) is 0 Å². The second-order valence-electron chi connectivity index (χ2n) is 6.44. The van der Waals surface area contributed by atoms with Crippen LogP contribution in [0.1, 0.15) is 30.9 Å². The van der Waals surface area contributed by atoms with Gasteiger partial charge in [0.1, 0.15) is 5.82 Å².